The Morgan fingerprint density at radius 3 is 2.52 bits per heavy atom. The Bertz CT molecular complexity index is 806. The lowest BCUT2D eigenvalue weighted by atomic mass is 9.65. The highest BCUT2D eigenvalue weighted by atomic mass is 16.5. The first-order valence-electron chi connectivity index (χ1n) is 9.40. The van der Waals surface area contributed by atoms with Crippen LogP contribution >= 0.6 is 0 Å². The molecule has 0 saturated carbocycles. The Labute approximate surface area is 161 Å². The number of guanidine groups is 1. The van der Waals surface area contributed by atoms with Crippen LogP contribution in [-0.2, 0) is 6.54 Å². The van der Waals surface area contributed by atoms with Crippen molar-refractivity contribution in [2.45, 2.75) is 46.7 Å². The molecule has 0 atom stereocenters. The highest BCUT2D eigenvalue weighted by Gasteiger charge is 2.53. The van der Waals surface area contributed by atoms with Gasteiger partial charge in [0.25, 0.3) is 0 Å². The summed E-state index contributed by atoms with van der Waals surface area (Å²) < 4.78 is 5.19. The quantitative estimate of drug-likeness (QED) is 0.625. The summed E-state index contributed by atoms with van der Waals surface area (Å²) in [5.74, 6) is 3.14. The van der Waals surface area contributed by atoms with Gasteiger partial charge in [-0.1, -0.05) is 13.8 Å². The number of nitrogens with one attached hydrogen (secondary N) is 2. The number of aromatic amines is 1. The fraction of sp³-hybridized carbons (Fsp3) is 0.550. The summed E-state index contributed by atoms with van der Waals surface area (Å²) in [7, 11) is 1.65. The topological polar surface area (TPSA) is 78.4 Å². The molecule has 1 aliphatic heterocycles. The maximum absolute atomic E-state index is 5.19. The standard InChI is InChI=1S/C20H30N6O/c1-7-21-18(26-13-19(2,3)20(26,4)5)22-12-16-23-17(25-24-16)14-8-10-15(27-6)11-9-14/h8-11H,7,12-13H2,1-6H3,(H,21,22)(H,23,24,25). The molecular weight excluding hydrogens is 340 g/mol. The van der Waals surface area contributed by atoms with Crippen LogP contribution in [0.15, 0.2) is 29.3 Å². The minimum atomic E-state index is 0.0592. The zero-order valence-electron chi connectivity index (χ0n) is 17.1. The van der Waals surface area contributed by atoms with Crippen LogP contribution < -0.4 is 10.1 Å². The van der Waals surface area contributed by atoms with Gasteiger partial charge in [-0.15, -0.1) is 0 Å². The van der Waals surface area contributed by atoms with Gasteiger partial charge in [0.05, 0.1) is 7.11 Å². The van der Waals surface area contributed by atoms with Crippen molar-refractivity contribution in [1.29, 1.82) is 0 Å². The number of aromatic nitrogens is 3. The van der Waals surface area contributed by atoms with E-state index in [1.165, 1.54) is 0 Å². The van der Waals surface area contributed by atoms with Crippen LogP contribution in [0.3, 0.4) is 0 Å². The second kappa shape index (κ2) is 7.21. The molecule has 27 heavy (non-hydrogen) atoms. The number of methoxy groups -OCH3 is 1. The molecule has 0 aliphatic carbocycles. The fourth-order valence-corrected chi connectivity index (χ4v) is 3.18. The lowest BCUT2D eigenvalue weighted by Crippen LogP contribution is -2.72. The molecule has 7 nitrogen and oxygen atoms in total. The molecule has 0 amide bonds. The molecule has 1 fully saturated rings. The van der Waals surface area contributed by atoms with Gasteiger partial charge < -0.3 is 15.0 Å². The number of nitrogens with zero attached hydrogens (tertiary/aromatic N) is 4. The molecule has 0 unspecified atom stereocenters. The van der Waals surface area contributed by atoms with Crippen molar-refractivity contribution in [3.63, 3.8) is 0 Å². The summed E-state index contributed by atoms with van der Waals surface area (Å²) in [6.07, 6.45) is 0. The lowest BCUT2D eigenvalue weighted by Gasteiger charge is -2.62. The number of rotatable bonds is 5. The molecule has 0 radical (unpaired) electrons. The first kappa shape index (κ1) is 19.2. The van der Waals surface area contributed by atoms with Gasteiger partial charge in [-0.25, -0.2) is 9.98 Å². The van der Waals surface area contributed by atoms with Crippen molar-refractivity contribution >= 4 is 5.96 Å². The van der Waals surface area contributed by atoms with Gasteiger partial charge in [0.15, 0.2) is 11.8 Å². The molecule has 1 aliphatic rings. The van der Waals surface area contributed by atoms with E-state index in [0.29, 0.717) is 12.4 Å². The van der Waals surface area contributed by atoms with Crippen LogP contribution in [0.25, 0.3) is 11.4 Å². The van der Waals surface area contributed by atoms with Gasteiger partial charge in [-0.2, -0.15) is 5.10 Å². The smallest absolute Gasteiger partial charge is 0.194 e. The second-order valence-electron chi connectivity index (χ2n) is 8.03. The van der Waals surface area contributed by atoms with E-state index in [9.17, 15) is 0 Å². The molecule has 3 rings (SSSR count). The van der Waals surface area contributed by atoms with Crippen LogP contribution in [0, 0.1) is 5.41 Å². The third kappa shape index (κ3) is 3.63. The average molecular weight is 371 g/mol. The summed E-state index contributed by atoms with van der Waals surface area (Å²) in [4.78, 5) is 11.7. The predicted octanol–water partition coefficient (Wildman–Crippen LogP) is 3.07. The largest absolute Gasteiger partial charge is 0.497 e. The number of H-pyrrole nitrogens is 1. The lowest BCUT2D eigenvalue weighted by molar-refractivity contribution is -0.0667. The molecule has 2 heterocycles. The zero-order chi connectivity index (χ0) is 19.7. The van der Waals surface area contributed by atoms with E-state index < -0.39 is 0 Å². The predicted molar refractivity (Wildman–Crippen MR) is 108 cm³/mol. The Kier molecular flexibility index (Phi) is 5.13. The van der Waals surface area contributed by atoms with Crippen molar-refractivity contribution in [3.8, 4) is 17.1 Å². The van der Waals surface area contributed by atoms with Crippen molar-refractivity contribution in [1.82, 2.24) is 25.4 Å². The number of hydrogen-bond acceptors (Lipinski definition) is 4. The van der Waals surface area contributed by atoms with E-state index in [2.05, 4.69) is 60.0 Å². The monoisotopic (exact) mass is 370 g/mol. The maximum Gasteiger partial charge on any atom is 0.194 e. The van der Waals surface area contributed by atoms with E-state index in [0.717, 1.165) is 36.2 Å². The third-order valence-corrected chi connectivity index (χ3v) is 5.73. The Hall–Kier alpha value is -2.57. The van der Waals surface area contributed by atoms with Crippen molar-refractivity contribution in [3.05, 3.63) is 30.1 Å². The Morgan fingerprint density at radius 1 is 1.26 bits per heavy atom. The van der Waals surface area contributed by atoms with Crippen LogP contribution in [-0.4, -0.2) is 51.8 Å². The molecule has 7 heteroatoms. The second-order valence-corrected chi connectivity index (χ2v) is 8.03. The molecule has 2 N–H and O–H groups in total. The Balaban J connectivity index is 1.73. The molecule has 1 aromatic carbocycles. The molecular formula is C20H30N6O. The number of benzene rings is 1. The van der Waals surface area contributed by atoms with E-state index in [4.69, 9.17) is 9.73 Å². The molecule has 1 aromatic heterocycles. The average Bonchev–Trinajstić information content (AvgIpc) is 3.12. The minimum Gasteiger partial charge on any atom is -0.497 e. The highest BCUT2D eigenvalue weighted by molar-refractivity contribution is 5.82. The summed E-state index contributed by atoms with van der Waals surface area (Å²) in [5, 5.41) is 10.7. The SMILES string of the molecule is CCNC(=NCc1nc(-c2ccc(OC)cc2)n[nH]1)N1CC(C)(C)C1(C)C. The van der Waals surface area contributed by atoms with Crippen molar-refractivity contribution in [2.24, 2.45) is 10.4 Å². The molecule has 2 aromatic rings. The van der Waals surface area contributed by atoms with Crippen LogP contribution in [0.4, 0.5) is 0 Å². The van der Waals surface area contributed by atoms with Gasteiger partial charge in [0, 0.05) is 29.6 Å². The van der Waals surface area contributed by atoms with Gasteiger partial charge >= 0.3 is 0 Å². The highest BCUT2D eigenvalue weighted by Crippen LogP contribution is 2.46. The summed E-state index contributed by atoms with van der Waals surface area (Å²) >= 11 is 0. The molecule has 146 valence electrons. The number of hydrogen-bond donors (Lipinski definition) is 2. The fourth-order valence-electron chi connectivity index (χ4n) is 3.18. The van der Waals surface area contributed by atoms with Gasteiger partial charge in [0.1, 0.15) is 18.1 Å². The van der Waals surface area contributed by atoms with Crippen molar-refractivity contribution < 1.29 is 4.74 Å². The van der Waals surface area contributed by atoms with Gasteiger partial charge in [0.2, 0.25) is 0 Å². The first-order chi connectivity index (χ1) is 12.8. The summed E-state index contributed by atoms with van der Waals surface area (Å²) in [5.41, 5.74) is 1.26. The van der Waals surface area contributed by atoms with Crippen molar-refractivity contribution in [2.75, 3.05) is 20.2 Å². The van der Waals surface area contributed by atoms with E-state index in [-0.39, 0.29) is 11.0 Å². The maximum atomic E-state index is 5.19. The Morgan fingerprint density at radius 2 is 1.96 bits per heavy atom. The van der Waals surface area contributed by atoms with E-state index >= 15 is 0 Å². The van der Waals surface area contributed by atoms with E-state index in [1.54, 1.807) is 7.11 Å². The number of ether oxygens (including phenoxy) is 1. The van der Waals surface area contributed by atoms with E-state index in [1.807, 2.05) is 24.3 Å². The van der Waals surface area contributed by atoms with Gasteiger partial charge in [-0.05, 0) is 45.0 Å². The summed E-state index contributed by atoms with van der Waals surface area (Å²) in [6, 6.07) is 7.70. The van der Waals surface area contributed by atoms with Gasteiger partial charge in [-0.3, -0.25) is 5.10 Å². The third-order valence-electron chi connectivity index (χ3n) is 5.73. The van der Waals surface area contributed by atoms with Crippen LogP contribution in [0.5, 0.6) is 5.75 Å². The summed E-state index contributed by atoms with van der Waals surface area (Å²) in [6.45, 7) is 13.5. The molecule has 0 bridgehead atoms. The minimum absolute atomic E-state index is 0.0592. The van der Waals surface area contributed by atoms with Crippen LogP contribution in [0.1, 0.15) is 40.4 Å². The normalized spacial score (nSPS) is 18.1. The molecule has 1 saturated heterocycles. The molecule has 0 spiro atoms. The number of likely N-dealkylation sites (tertiary alicyclic amines) is 1. The zero-order valence-corrected chi connectivity index (χ0v) is 17.1. The first-order valence-corrected chi connectivity index (χ1v) is 9.40. The van der Waals surface area contributed by atoms with Crippen LogP contribution in [0.2, 0.25) is 0 Å². The number of aliphatic imine (C=N–C) groups is 1.